The average Bonchev–Trinajstić information content (AvgIpc) is 3.90. The molecule has 244 valence electrons. The highest BCUT2D eigenvalue weighted by Gasteiger charge is 2.19. The zero-order valence-electron chi connectivity index (χ0n) is 27.9. The first-order chi connectivity index (χ1) is 25.8. The van der Waals surface area contributed by atoms with Gasteiger partial charge in [-0.25, -0.2) is 0 Å². The molecule has 0 N–H and O–H groups in total. The van der Waals surface area contributed by atoms with Crippen LogP contribution in [0.3, 0.4) is 0 Å². The van der Waals surface area contributed by atoms with E-state index in [9.17, 15) is 0 Å². The van der Waals surface area contributed by atoms with Gasteiger partial charge in [-0.1, -0.05) is 115 Å². The van der Waals surface area contributed by atoms with Gasteiger partial charge in [-0.2, -0.15) is 0 Å². The van der Waals surface area contributed by atoms with Gasteiger partial charge >= 0.3 is 0 Å². The summed E-state index contributed by atoms with van der Waals surface area (Å²) in [5, 5.41) is 7.93. The van der Waals surface area contributed by atoms with E-state index in [0.29, 0.717) is 0 Å². The van der Waals surface area contributed by atoms with E-state index in [2.05, 4.69) is 181 Å². The molecule has 52 heavy (non-hydrogen) atoms. The maximum Gasteiger partial charge on any atom is 0.0640 e. The van der Waals surface area contributed by atoms with Gasteiger partial charge < -0.3 is 4.90 Å². The van der Waals surface area contributed by atoms with Gasteiger partial charge in [-0.15, -0.1) is 34.0 Å². The van der Waals surface area contributed by atoms with Crippen LogP contribution in [-0.4, -0.2) is 0 Å². The number of rotatable bonds is 5. The van der Waals surface area contributed by atoms with Crippen molar-refractivity contribution in [2.45, 2.75) is 0 Å². The van der Waals surface area contributed by atoms with Crippen LogP contribution in [0.1, 0.15) is 0 Å². The summed E-state index contributed by atoms with van der Waals surface area (Å²) < 4.78 is 7.91. The minimum atomic E-state index is 1.13. The van der Waals surface area contributed by atoms with Crippen LogP contribution >= 0.6 is 34.0 Å². The second kappa shape index (κ2) is 11.9. The summed E-state index contributed by atoms with van der Waals surface area (Å²) in [5.74, 6) is 0. The van der Waals surface area contributed by atoms with Crippen LogP contribution in [0.2, 0.25) is 0 Å². The molecule has 3 heterocycles. The van der Waals surface area contributed by atoms with E-state index in [1.54, 1.807) is 0 Å². The van der Waals surface area contributed by atoms with Gasteiger partial charge in [-0.05, 0) is 82.9 Å². The molecule has 0 aliphatic rings. The van der Waals surface area contributed by atoms with Gasteiger partial charge in [0.25, 0.3) is 0 Å². The molecular formula is C48H29NS3. The lowest BCUT2D eigenvalue weighted by Gasteiger charge is -2.26. The molecule has 4 heteroatoms. The Hall–Kier alpha value is -5.78. The molecule has 1 nitrogen and oxygen atoms in total. The van der Waals surface area contributed by atoms with Crippen LogP contribution in [0.15, 0.2) is 176 Å². The first-order valence-electron chi connectivity index (χ1n) is 17.5. The van der Waals surface area contributed by atoms with E-state index in [0.717, 1.165) is 11.4 Å². The van der Waals surface area contributed by atoms with Gasteiger partial charge in [0.1, 0.15) is 0 Å². The number of thiophene rings is 3. The summed E-state index contributed by atoms with van der Waals surface area (Å²) in [7, 11) is 0. The summed E-state index contributed by atoms with van der Waals surface area (Å²) in [4.78, 5) is 2.44. The Morgan fingerprint density at radius 3 is 1.27 bits per heavy atom. The van der Waals surface area contributed by atoms with E-state index >= 15 is 0 Å². The molecule has 11 aromatic rings. The molecule has 0 bridgehead atoms. The van der Waals surface area contributed by atoms with Gasteiger partial charge in [0.05, 0.1) is 10.4 Å². The number of fused-ring (bicyclic) bond motifs is 9. The number of anilines is 3. The van der Waals surface area contributed by atoms with Crippen molar-refractivity contribution in [1.29, 1.82) is 0 Å². The fraction of sp³-hybridized carbons (Fsp3) is 0. The molecule has 0 saturated heterocycles. The van der Waals surface area contributed by atoms with Gasteiger partial charge in [0, 0.05) is 67.2 Å². The summed E-state index contributed by atoms with van der Waals surface area (Å²) in [6.07, 6.45) is 0. The first kappa shape index (κ1) is 29.9. The van der Waals surface area contributed by atoms with Crippen LogP contribution in [0, 0.1) is 0 Å². The van der Waals surface area contributed by atoms with Crippen molar-refractivity contribution < 1.29 is 0 Å². The molecule has 0 amide bonds. The third-order valence-corrected chi connectivity index (χ3v) is 13.8. The third kappa shape index (κ3) is 4.65. The Kier molecular flexibility index (Phi) is 6.84. The molecule has 0 radical (unpaired) electrons. The van der Waals surface area contributed by atoms with Crippen molar-refractivity contribution in [2.75, 3.05) is 4.90 Å². The quantitative estimate of drug-likeness (QED) is 0.171. The zero-order chi connectivity index (χ0) is 34.2. The minimum absolute atomic E-state index is 1.13. The second-order valence-corrected chi connectivity index (χ2v) is 16.5. The molecule has 0 spiro atoms. The Balaban J connectivity index is 1.07. The van der Waals surface area contributed by atoms with Crippen LogP contribution in [0.25, 0.3) is 82.8 Å². The molecular weight excluding hydrogens is 687 g/mol. The highest BCUT2D eigenvalue weighted by molar-refractivity contribution is 7.27. The molecule has 0 atom stereocenters. The predicted octanol–water partition coefficient (Wildman–Crippen LogP) is 15.6. The largest absolute Gasteiger partial charge is 0.309 e. The average molecular weight is 716 g/mol. The minimum Gasteiger partial charge on any atom is -0.309 e. The maximum atomic E-state index is 2.44. The summed E-state index contributed by atoms with van der Waals surface area (Å²) >= 11 is 5.61. The number of hydrogen-bond donors (Lipinski definition) is 0. The van der Waals surface area contributed by atoms with Crippen LogP contribution in [0.5, 0.6) is 0 Å². The first-order valence-corrected chi connectivity index (χ1v) is 20.0. The van der Waals surface area contributed by atoms with Crippen LogP contribution < -0.4 is 4.90 Å². The molecule has 11 rings (SSSR count). The molecule has 0 fully saturated rings. The molecule has 8 aromatic carbocycles. The smallest absolute Gasteiger partial charge is 0.0640 e. The maximum absolute atomic E-state index is 2.44. The molecule has 3 aromatic heterocycles. The fourth-order valence-corrected chi connectivity index (χ4v) is 11.4. The van der Waals surface area contributed by atoms with Crippen molar-refractivity contribution in [1.82, 2.24) is 0 Å². The Morgan fingerprint density at radius 1 is 0.308 bits per heavy atom. The Labute approximate surface area is 312 Å². The Bertz CT molecular complexity index is 2970. The highest BCUT2D eigenvalue weighted by Crippen LogP contribution is 2.47. The van der Waals surface area contributed by atoms with Gasteiger partial charge in [-0.3, -0.25) is 0 Å². The second-order valence-electron chi connectivity index (χ2n) is 13.2. The summed E-state index contributed by atoms with van der Waals surface area (Å²) in [6.45, 7) is 0. The van der Waals surface area contributed by atoms with Crippen LogP contribution in [-0.2, 0) is 0 Å². The zero-order valence-corrected chi connectivity index (χ0v) is 30.4. The SMILES string of the molecule is c1ccc2c(c1)sc1c(N(c3ccc(-c4cccc5sc6ccccc6c45)cc3)c3ccc(-c4cccc5sc6ccccc6c45)cc3)cccc12. The van der Waals surface area contributed by atoms with E-state index < -0.39 is 0 Å². The number of benzene rings is 8. The summed E-state index contributed by atoms with van der Waals surface area (Å²) in [6, 6.07) is 64.8. The topological polar surface area (TPSA) is 3.24 Å². The molecule has 0 saturated carbocycles. The van der Waals surface area contributed by atoms with E-state index in [1.807, 2.05) is 34.0 Å². The van der Waals surface area contributed by atoms with E-state index in [4.69, 9.17) is 0 Å². The third-order valence-electron chi connectivity index (χ3n) is 10.3. The van der Waals surface area contributed by atoms with Crippen LogP contribution in [0.4, 0.5) is 17.1 Å². The van der Waals surface area contributed by atoms with Crippen molar-refractivity contribution in [3.8, 4) is 22.3 Å². The standard InChI is InChI=1S/C48H29NS3/c1-4-17-41-36(10-1)37-15-7-16-40(48(37)52-41)49(32-26-22-30(23-27-32)34-13-8-20-44-46(34)38-11-2-5-18-42(38)50-44)33-28-24-31(25-29-33)35-14-9-21-45-47(35)39-12-3-6-19-43(39)51-45/h1-29H. The summed E-state index contributed by atoms with van der Waals surface area (Å²) in [5.41, 5.74) is 8.47. The number of nitrogens with zero attached hydrogens (tertiary/aromatic N) is 1. The van der Waals surface area contributed by atoms with E-state index in [-0.39, 0.29) is 0 Å². The van der Waals surface area contributed by atoms with E-state index in [1.165, 1.54) is 88.5 Å². The fourth-order valence-electron chi connectivity index (χ4n) is 7.95. The normalized spacial score (nSPS) is 11.8. The lowest BCUT2D eigenvalue weighted by Crippen LogP contribution is -2.10. The number of hydrogen-bond acceptors (Lipinski definition) is 4. The van der Waals surface area contributed by atoms with Crippen molar-refractivity contribution in [3.63, 3.8) is 0 Å². The van der Waals surface area contributed by atoms with Gasteiger partial charge in [0.15, 0.2) is 0 Å². The monoisotopic (exact) mass is 715 g/mol. The van der Waals surface area contributed by atoms with Crippen molar-refractivity contribution in [2.24, 2.45) is 0 Å². The highest BCUT2D eigenvalue weighted by atomic mass is 32.1. The molecule has 0 unspecified atom stereocenters. The molecule has 0 aliphatic heterocycles. The molecule has 0 aliphatic carbocycles. The predicted molar refractivity (Wildman–Crippen MR) is 231 cm³/mol. The van der Waals surface area contributed by atoms with Gasteiger partial charge in [0.2, 0.25) is 0 Å². The lowest BCUT2D eigenvalue weighted by molar-refractivity contribution is 1.30. The Morgan fingerprint density at radius 2 is 0.731 bits per heavy atom. The lowest BCUT2D eigenvalue weighted by atomic mass is 9.98. The van der Waals surface area contributed by atoms with Crippen molar-refractivity contribution >= 4 is 112 Å². The van der Waals surface area contributed by atoms with Crippen molar-refractivity contribution in [3.05, 3.63) is 176 Å².